The molecule has 2 heterocycles. The lowest BCUT2D eigenvalue weighted by Crippen LogP contribution is -2.53. The van der Waals surface area contributed by atoms with E-state index in [1.165, 1.54) is 5.56 Å². The van der Waals surface area contributed by atoms with Crippen LogP contribution in [0.1, 0.15) is 37.7 Å². The SMILES string of the molecule is CNC1=C(C=N)OC2(CCN(C(=O)NC[C@H](C)c3ccccc3)CC2)CC1=O. The second kappa shape index (κ2) is 8.46. The minimum atomic E-state index is -0.613. The second-order valence-electron chi connectivity index (χ2n) is 7.50. The van der Waals surface area contributed by atoms with Gasteiger partial charge < -0.3 is 25.7 Å². The van der Waals surface area contributed by atoms with E-state index in [9.17, 15) is 9.59 Å². The van der Waals surface area contributed by atoms with E-state index in [2.05, 4.69) is 29.7 Å². The molecule has 0 unspecified atom stereocenters. The van der Waals surface area contributed by atoms with Crippen LogP contribution in [-0.2, 0) is 9.53 Å². The summed E-state index contributed by atoms with van der Waals surface area (Å²) in [4.78, 5) is 26.7. The molecule has 3 N–H and O–H groups in total. The summed E-state index contributed by atoms with van der Waals surface area (Å²) in [6.07, 6.45) is 2.51. The van der Waals surface area contributed by atoms with Gasteiger partial charge in [0, 0.05) is 39.5 Å². The predicted molar refractivity (Wildman–Crippen MR) is 107 cm³/mol. The van der Waals surface area contributed by atoms with Crippen molar-refractivity contribution in [1.82, 2.24) is 15.5 Å². The number of ketones is 1. The number of piperidine rings is 1. The van der Waals surface area contributed by atoms with E-state index in [1.54, 1.807) is 11.9 Å². The molecule has 2 aliphatic rings. The molecule has 7 heteroatoms. The molecule has 2 amide bonds. The molecular formula is C21H28N4O3. The first-order valence-corrected chi connectivity index (χ1v) is 9.70. The van der Waals surface area contributed by atoms with Gasteiger partial charge in [0.05, 0.1) is 12.6 Å². The summed E-state index contributed by atoms with van der Waals surface area (Å²) in [5.74, 6) is 0.482. The van der Waals surface area contributed by atoms with Crippen LogP contribution in [0.5, 0.6) is 0 Å². The number of amides is 2. The number of likely N-dealkylation sites (tertiary alicyclic amines) is 1. The third-order valence-corrected chi connectivity index (χ3v) is 5.61. The first-order chi connectivity index (χ1) is 13.5. The number of benzene rings is 1. The molecule has 1 atom stereocenters. The third kappa shape index (κ3) is 4.18. The summed E-state index contributed by atoms with van der Waals surface area (Å²) in [5.41, 5.74) is 0.940. The number of hydrogen-bond donors (Lipinski definition) is 3. The van der Waals surface area contributed by atoms with Crippen molar-refractivity contribution in [1.29, 1.82) is 5.41 Å². The van der Waals surface area contributed by atoms with Crippen LogP contribution in [0.25, 0.3) is 0 Å². The fraction of sp³-hybridized carbons (Fsp3) is 0.476. The minimum Gasteiger partial charge on any atom is -0.483 e. The fourth-order valence-corrected chi connectivity index (χ4v) is 3.85. The van der Waals surface area contributed by atoms with Crippen molar-refractivity contribution >= 4 is 18.0 Å². The summed E-state index contributed by atoms with van der Waals surface area (Å²) in [7, 11) is 1.65. The maximum absolute atomic E-state index is 12.5. The smallest absolute Gasteiger partial charge is 0.317 e. The molecule has 0 bridgehead atoms. The van der Waals surface area contributed by atoms with E-state index in [4.69, 9.17) is 10.1 Å². The van der Waals surface area contributed by atoms with Gasteiger partial charge >= 0.3 is 6.03 Å². The van der Waals surface area contributed by atoms with Gasteiger partial charge in [-0.15, -0.1) is 0 Å². The van der Waals surface area contributed by atoms with Crippen LogP contribution < -0.4 is 10.6 Å². The average Bonchev–Trinajstić information content (AvgIpc) is 2.72. The fourth-order valence-electron chi connectivity index (χ4n) is 3.85. The molecule has 0 radical (unpaired) electrons. The highest BCUT2D eigenvalue weighted by molar-refractivity contribution is 6.01. The van der Waals surface area contributed by atoms with Gasteiger partial charge in [0.1, 0.15) is 11.3 Å². The maximum atomic E-state index is 12.5. The highest BCUT2D eigenvalue weighted by Gasteiger charge is 2.44. The van der Waals surface area contributed by atoms with Crippen LogP contribution in [0.15, 0.2) is 41.8 Å². The number of likely N-dealkylation sites (N-methyl/N-ethyl adjacent to an activating group) is 1. The van der Waals surface area contributed by atoms with Crippen LogP contribution in [0.3, 0.4) is 0 Å². The summed E-state index contributed by atoms with van der Waals surface area (Å²) >= 11 is 0. The monoisotopic (exact) mass is 384 g/mol. The van der Waals surface area contributed by atoms with Crippen molar-refractivity contribution in [3.8, 4) is 0 Å². The predicted octanol–water partition coefficient (Wildman–Crippen LogP) is 2.40. The first-order valence-electron chi connectivity index (χ1n) is 9.70. The Hall–Kier alpha value is -2.83. The van der Waals surface area contributed by atoms with Crippen LogP contribution in [-0.4, -0.2) is 55.2 Å². The number of carbonyl (C=O) groups is 2. The number of Topliss-reactive ketones (excluding diaryl/α,β-unsaturated/α-hetero) is 1. The highest BCUT2D eigenvalue weighted by atomic mass is 16.5. The van der Waals surface area contributed by atoms with Crippen LogP contribution in [0.4, 0.5) is 4.79 Å². The van der Waals surface area contributed by atoms with E-state index >= 15 is 0 Å². The molecule has 0 aliphatic carbocycles. The van der Waals surface area contributed by atoms with Crippen LogP contribution >= 0.6 is 0 Å². The van der Waals surface area contributed by atoms with E-state index in [0.29, 0.717) is 38.2 Å². The molecule has 3 rings (SSSR count). The Bertz CT molecular complexity index is 767. The number of urea groups is 1. The van der Waals surface area contributed by atoms with Gasteiger partial charge in [0.15, 0.2) is 11.5 Å². The zero-order valence-electron chi connectivity index (χ0n) is 16.5. The molecule has 1 fully saturated rings. The zero-order valence-corrected chi connectivity index (χ0v) is 16.5. The van der Waals surface area contributed by atoms with Crippen molar-refractivity contribution in [2.75, 3.05) is 26.7 Å². The molecule has 0 saturated carbocycles. The number of hydrogen-bond acceptors (Lipinski definition) is 5. The number of ether oxygens (including phenoxy) is 1. The number of carbonyl (C=O) groups excluding carboxylic acids is 2. The minimum absolute atomic E-state index is 0.0400. The summed E-state index contributed by atoms with van der Waals surface area (Å²) in [6, 6.07) is 10.0. The molecule has 7 nitrogen and oxygen atoms in total. The number of nitrogens with zero attached hydrogens (tertiary/aromatic N) is 1. The summed E-state index contributed by atoms with van der Waals surface area (Å²) < 4.78 is 6.02. The van der Waals surface area contributed by atoms with Gasteiger partial charge in [-0.05, 0) is 11.5 Å². The van der Waals surface area contributed by atoms with Crippen molar-refractivity contribution in [3.63, 3.8) is 0 Å². The van der Waals surface area contributed by atoms with Gasteiger partial charge in [0.2, 0.25) is 0 Å². The third-order valence-electron chi connectivity index (χ3n) is 5.61. The van der Waals surface area contributed by atoms with Gasteiger partial charge in [-0.2, -0.15) is 0 Å². The van der Waals surface area contributed by atoms with E-state index in [-0.39, 0.29) is 29.9 Å². The standard InChI is InChI=1S/C21H28N4O3/c1-15(16-6-4-3-5-7-16)14-24-20(27)25-10-8-21(9-11-25)12-17(26)19(23-2)18(13-22)28-21/h3-7,13,15,22-23H,8-12,14H2,1-2H3,(H,24,27)/t15-/m0/s1. The summed E-state index contributed by atoms with van der Waals surface area (Å²) in [6.45, 7) is 3.72. The Morgan fingerprint density at radius 1 is 1.32 bits per heavy atom. The Morgan fingerprint density at radius 3 is 2.61 bits per heavy atom. The topological polar surface area (TPSA) is 94.5 Å². The van der Waals surface area contributed by atoms with Crippen molar-refractivity contribution in [2.24, 2.45) is 0 Å². The zero-order chi connectivity index (χ0) is 20.1. The lowest BCUT2D eigenvalue weighted by Gasteiger charge is -2.43. The number of rotatable bonds is 5. The Morgan fingerprint density at radius 2 is 2.00 bits per heavy atom. The van der Waals surface area contributed by atoms with Crippen LogP contribution in [0.2, 0.25) is 0 Å². The molecular weight excluding hydrogens is 356 g/mol. The first kappa shape index (κ1) is 19.9. The van der Waals surface area contributed by atoms with Gasteiger partial charge in [-0.1, -0.05) is 37.3 Å². The van der Waals surface area contributed by atoms with Crippen LogP contribution in [0, 0.1) is 5.41 Å². The number of allylic oxidation sites excluding steroid dienone is 2. The van der Waals surface area contributed by atoms with Gasteiger partial charge in [-0.25, -0.2) is 4.79 Å². The average molecular weight is 384 g/mol. The Kier molecular flexibility index (Phi) is 6.02. The van der Waals surface area contributed by atoms with Crippen molar-refractivity contribution in [3.05, 3.63) is 47.4 Å². The summed E-state index contributed by atoms with van der Waals surface area (Å²) in [5, 5.41) is 13.4. The Balaban J connectivity index is 1.54. The second-order valence-corrected chi connectivity index (χ2v) is 7.50. The van der Waals surface area contributed by atoms with E-state index in [1.807, 2.05) is 18.2 Å². The van der Waals surface area contributed by atoms with Crippen molar-refractivity contribution < 1.29 is 14.3 Å². The van der Waals surface area contributed by atoms with E-state index < -0.39 is 5.60 Å². The number of nitrogens with one attached hydrogen (secondary N) is 3. The molecule has 2 aliphatic heterocycles. The highest BCUT2D eigenvalue weighted by Crippen LogP contribution is 2.36. The largest absolute Gasteiger partial charge is 0.483 e. The van der Waals surface area contributed by atoms with Gasteiger partial charge in [0.25, 0.3) is 0 Å². The molecule has 28 heavy (non-hydrogen) atoms. The normalized spacial score (nSPS) is 19.8. The lowest BCUT2D eigenvalue weighted by atomic mass is 9.83. The molecule has 1 spiro atoms. The molecule has 1 aromatic rings. The lowest BCUT2D eigenvalue weighted by molar-refractivity contribution is -0.128. The molecule has 1 saturated heterocycles. The Labute approximate surface area is 165 Å². The molecule has 0 aromatic heterocycles. The van der Waals surface area contributed by atoms with Gasteiger partial charge in [-0.3, -0.25) is 4.79 Å². The maximum Gasteiger partial charge on any atom is 0.317 e. The quantitative estimate of drug-likeness (QED) is 0.680. The van der Waals surface area contributed by atoms with E-state index in [0.717, 1.165) is 6.21 Å². The van der Waals surface area contributed by atoms with Crippen molar-refractivity contribution in [2.45, 2.75) is 37.7 Å². The molecule has 1 aromatic carbocycles. The molecule has 150 valence electrons.